The molecule has 0 radical (unpaired) electrons. The molecule has 2 unspecified atom stereocenters. The van der Waals surface area contributed by atoms with Crippen LogP contribution in [-0.4, -0.2) is 30.3 Å². The van der Waals surface area contributed by atoms with Gasteiger partial charge in [-0.15, -0.1) is 0 Å². The standard InChI is InChI=1S/C13H23N3O2/c1-4-6-10(17-3)11-15-12(18-16-11)13(5-2)7-8-14-9-13/h10,14H,4-9H2,1-3H3. The van der Waals surface area contributed by atoms with Crippen molar-refractivity contribution in [2.45, 2.75) is 51.0 Å². The summed E-state index contributed by atoms with van der Waals surface area (Å²) in [7, 11) is 1.70. The molecule has 1 N–H and O–H groups in total. The van der Waals surface area contributed by atoms with Gasteiger partial charge in [0.15, 0.2) is 0 Å². The number of hydrogen-bond acceptors (Lipinski definition) is 5. The quantitative estimate of drug-likeness (QED) is 0.842. The van der Waals surface area contributed by atoms with E-state index < -0.39 is 0 Å². The van der Waals surface area contributed by atoms with Crippen molar-refractivity contribution in [3.05, 3.63) is 11.7 Å². The molecule has 0 aliphatic carbocycles. The van der Waals surface area contributed by atoms with Gasteiger partial charge in [-0.3, -0.25) is 0 Å². The van der Waals surface area contributed by atoms with Gasteiger partial charge in [-0.05, 0) is 25.8 Å². The SMILES string of the molecule is CCCC(OC)c1noc(C2(CC)CCNC2)n1. The van der Waals surface area contributed by atoms with Gasteiger partial charge in [0, 0.05) is 13.7 Å². The van der Waals surface area contributed by atoms with Crippen molar-refractivity contribution in [2.75, 3.05) is 20.2 Å². The van der Waals surface area contributed by atoms with E-state index in [9.17, 15) is 0 Å². The normalized spacial score (nSPS) is 25.5. The molecule has 0 aromatic carbocycles. The fourth-order valence-corrected chi connectivity index (χ4v) is 2.57. The summed E-state index contributed by atoms with van der Waals surface area (Å²) < 4.78 is 10.9. The van der Waals surface area contributed by atoms with Crippen molar-refractivity contribution in [1.82, 2.24) is 15.5 Å². The summed E-state index contributed by atoms with van der Waals surface area (Å²) in [5, 5.41) is 7.49. The van der Waals surface area contributed by atoms with Gasteiger partial charge in [-0.1, -0.05) is 25.4 Å². The third kappa shape index (κ3) is 2.42. The van der Waals surface area contributed by atoms with Crippen LogP contribution in [0.25, 0.3) is 0 Å². The third-order valence-electron chi connectivity index (χ3n) is 3.94. The van der Waals surface area contributed by atoms with Gasteiger partial charge in [0.25, 0.3) is 0 Å². The van der Waals surface area contributed by atoms with E-state index in [4.69, 9.17) is 9.26 Å². The van der Waals surface area contributed by atoms with Gasteiger partial charge < -0.3 is 14.6 Å². The summed E-state index contributed by atoms with van der Waals surface area (Å²) in [4.78, 5) is 4.58. The van der Waals surface area contributed by atoms with Gasteiger partial charge in [-0.2, -0.15) is 4.98 Å². The van der Waals surface area contributed by atoms with Crippen molar-refractivity contribution < 1.29 is 9.26 Å². The van der Waals surface area contributed by atoms with Crippen LogP contribution in [0.3, 0.4) is 0 Å². The maximum absolute atomic E-state index is 5.49. The number of aromatic nitrogens is 2. The van der Waals surface area contributed by atoms with Crippen LogP contribution in [0.1, 0.15) is 57.3 Å². The zero-order valence-corrected chi connectivity index (χ0v) is 11.5. The first-order valence-corrected chi connectivity index (χ1v) is 6.83. The highest BCUT2D eigenvalue weighted by Gasteiger charge is 2.39. The lowest BCUT2D eigenvalue weighted by atomic mass is 9.84. The fourth-order valence-electron chi connectivity index (χ4n) is 2.57. The minimum Gasteiger partial charge on any atom is -0.373 e. The van der Waals surface area contributed by atoms with Gasteiger partial charge in [0.2, 0.25) is 11.7 Å². The van der Waals surface area contributed by atoms with Crippen LogP contribution >= 0.6 is 0 Å². The van der Waals surface area contributed by atoms with Crippen molar-refractivity contribution in [1.29, 1.82) is 0 Å². The van der Waals surface area contributed by atoms with E-state index in [1.807, 2.05) is 0 Å². The molecule has 1 aromatic heterocycles. The van der Waals surface area contributed by atoms with Gasteiger partial charge in [0.05, 0.1) is 5.41 Å². The first kappa shape index (κ1) is 13.5. The van der Waals surface area contributed by atoms with Gasteiger partial charge in [-0.25, -0.2) is 0 Å². The van der Waals surface area contributed by atoms with Crippen LogP contribution < -0.4 is 5.32 Å². The topological polar surface area (TPSA) is 60.2 Å². The van der Waals surface area contributed by atoms with Crippen LogP contribution in [-0.2, 0) is 10.2 Å². The highest BCUT2D eigenvalue weighted by atomic mass is 16.5. The lowest BCUT2D eigenvalue weighted by Gasteiger charge is -2.21. The van der Waals surface area contributed by atoms with E-state index in [0.717, 1.165) is 44.7 Å². The first-order valence-electron chi connectivity index (χ1n) is 6.83. The Hall–Kier alpha value is -0.940. The minimum absolute atomic E-state index is 0.0236. The maximum Gasteiger partial charge on any atom is 0.234 e. The summed E-state index contributed by atoms with van der Waals surface area (Å²) in [5.74, 6) is 1.46. The second kappa shape index (κ2) is 5.80. The molecule has 1 aromatic rings. The zero-order valence-electron chi connectivity index (χ0n) is 11.5. The van der Waals surface area contributed by atoms with Crippen molar-refractivity contribution in [2.24, 2.45) is 0 Å². The predicted octanol–water partition coefficient (Wildman–Crippen LogP) is 2.20. The predicted molar refractivity (Wildman–Crippen MR) is 68.4 cm³/mol. The smallest absolute Gasteiger partial charge is 0.234 e. The van der Waals surface area contributed by atoms with E-state index in [1.54, 1.807) is 7.11 Å². The monoisotopic (exact) mass is 253 g/mol. The molecule has 1 aliphatic rings. The Kier molecular flexibility index (Phi) is 4.35. The second-order valence-electron chi connectivity index (χ2n) is 5.03. The van der Waals surface area contributed by atoms with Crippen LogP contribution in [0.2, 0.25) is 0 Å². The van der Waals surface area contributed by atoms with Crippen molar-refractivity contribution >= 4 is 0 Å². The Labute approximate surface area is 108 Å². The molecule has 0 bridgehead atoms. The molecule has 2 heterocycles. The van der Waals surface area contributed by atoms with E-state index in [1.165, 1.54) is 0 Å². The number of nitrogens with one attached hydrogen (secondary N) is 1. The van der Waals surface area contributed by atoms with E-state index in [-0.39, 0.29) is 11.5 Å². The summed E-state index contributed by atoms with van der Waals surface area (Å²) in [5.41, 5.74) is 0.0236. The van der Waals surface area contributed by atoms with E-state index >= 15 is 0 Å². The molecule has 2 rings (SSSR count). The molecule has 2 atom stereocenters. The second-order valence-corrected chi connectivity index (χ2v) is 5.03. The van der Waals surface area contributed by atoms with Crippen LogP contribution in [0.5, 0.6) is 0 Å². The Morgan fingerprint density at radius 3 is 2.89 bits per heavy atom. The molecule has 5 nitrogen and oxygen atoms in total. The molecule has 5 heteroatoms. The van der Waals surface area contributed by atoms with Crippen molar-refractivity contribution in [3.63, 3.8) is 0 Å². The summed E-state index contributed by atoms with van der Waals surface area (Å²) in [6.45, 7) is 6.25. The summed E-state index contributed by atoms with van der Waals surface area (Å²) in [6, 6.07) is 0. The molecule has 1 aliphatic heterocycles. The van der Waals surface area contributed by atoms with Crippen LogP contribution in [0, 0.1) is 0 Å². The molecule has 0 saturated carbocycles. The highest BCUT2D eigenvalue weighted by Crippen LogP contribution is 2.33. The van der Waals surface area contributed by atoms with E-state index in [2.05, 4.69) is 29.3 Å². The average Bonchev–Trinajstić information content (AvgIpc) is 3.04. The van der Waals surface area contributed by atoms with Gasteiger partial charge in [0.1, 0.15) is 6.10 Å². The molecule has 18 heavy (non-hydrogen) atoms. The molecule has 0 amide bonds. The van der Waals surface area contributed by atoms with Gasteiger partial charge >= 0.3 is 0 Å². The van der Waals surface area contributed by atoms with Crippen molar-refractivity contribution in [3.8, 4) is 0 Å². The number of rotatable bonds is 6. The molecular weight excluding hydrogens is 230 g/mol. The lowest BCUT2D eigenvalue weighted by molar-refractivity contribution is 0.0854. The molecule has 102 valence electrons. The number of hydrogen-bond donors (Lipinski definition) is 1. The average molecular weight is 253 g/mol. The maximum atomic E-state index is 5.49. The Bertz CT molecular complexity index is 372. The molecule has 1 saturated heterocycles. The van der Waals surface area contributed by atoms with Crippen LogP contribution in [0.15, 0.2) is 4.52 Å². The molecule has 0 spiro atoms. The minimum atomic E-state index is -0.0456. The highest BCUT2D eigenvalue weighted by molar-refractivity contribution is 5.10. The summed E-state index contributed by atoms with van der Waals surface area (Å²) in [6.07, 6.45) is 4.01. The first-order chi connectivity index (χ1) is 8.75. The number of ether oxygens (including phenoxy) is 1. The lowest BCUT2D eigenvalue weighted by Crippen LogP contribution is -2.28. The van der Waals surface area contributed by atoms with Crippen LogP contribution in [0.4, 0.5) is 0 Å². The third-order valence-corrected chi connectivity index (χ3v) is 3.94. The Balaban J connectivity index is 2.18. The summed E-state index contributed by atoms with van der Waals surface area (Å²) >= 11 is 0. The molecule has 1 fully saturated rings. The fraction of sp³-hybridized carbons (Fsp3) is 0.846. The number of nitrogens with zero attached hydrogens (tertiary/aromatic N) is 2. The molecular formula is C13H23N3O2. The Morgan fingerprint density at radius 2 is 2.33 bits per heavy atom. The zero-order chi connectivity index (χ0) is 13.0. The largest absolute Gasteiger partial charge is 0.373 e. The number of methoxy groups -OCH3 is 1. The van der Waals surface area contributed by atoms with E-state index in [0.29, 0.717) is 5.82 Å². The Morgan fingerprint density at radius 1 is 1.50 bits per heavy atom.